The van der Waals surface area contributed by atoms with Gasteiger partial charge in [-0.1, -0.05) is 19.3 Å². The molecule has 0 amide bonds. The van der Waals surface area contributed by atoms with Gasteiger partial charge in [-0.25, -0.2) is 8.42 Å². The van der Waals surface area contributed by atoms with Crippen LogP contribution in [-0.2, 0) is 9.84 Å². The molecule has 3 nitrogen and oxygen atoms in total. The van der Waals surface area contributed by atoms with Crippen molar-refractivity contribution in [3.63, 3.8) is 0 Å². The average Bonchev–Trinajstić information content (AvgIpc) is 2.47. The number of rotatable bonds is 2. The third kappa shape index (κ3) is 2.70. The Morgan fingerprint density at radius 3 is 2.21 bits per heavy atom. The third-order valence-electron chi connectivity index (χ3n) is 3.31. The van der Waals surface area contributed by atoms with E-state index in [0.29, 0.717) is 17.5 Å². The third-order valence-corrected chi connectivity index (χ3v) is 5.08. The van der Waals surface area contributed by atoms with E-state index < -0.39 is 9.84 Å². The predicted molar refractivity (Wildman–Crippen MR) is 57.1 cm³/mol. The lowest BCUT2D eigenvalue weighted by molar-refractivity contribution is 0.346. The molecule has 0 aromatic rings. The van der Waals surface area contributed by atoms with Gasteiger partial charge in [0.15, 0.2) is 9.84 Å². The lowest BCUT2D eigenvalue weighted by Gasteiger charge is -2.25. The first-order valence-corrected chi connectivity index (χ1v) is 7.44. The summed E-state index contributed by atoms with van der Waals surface area (Å²) in [6, 6.07) is 0.824. The largest absolute Gasteiger partial charge is 0.310 e. The van der Waals surface area contributed by atoms with Crippen LogP contribution in [0.1, 0.15) is 38.5 Å². The standard InChI is InChI=1S/C10H19NO2S/c12-14(13)7-6-10(8-14)11-9-4-2-1-3-5-9/h9-11H,1-8H2/t10-/m0/s1. The Labute approximate surface area is 86.2 Å². The molecule has 0 aromatic heterocycles. The first-order valence-electron chi connectivity index (χ1n) is 5.62. The minimum atomic E-state index is -2.71. The first kappa shape index (κ1) is 10.4. The van der Waals surface area contributed by atoms with Gasteiger partial charge in [-0.3, -0.25) is 0 Å². The van der Waals surface area contributed by atoms with Crippen LogP contribution in [0.25, 0.3) is 0 Å². The summed E-state index contributed by atoms with van der Waals surface area (Å²) in [7, 11) is -2.71. The molecule has 0 unspecified atom stereocenters. The highest BCUT2D eigenvalue weighted by molar-refractivity contribution is 7.91. The molecule has 2 fully saturated rings. The van der Waals surface area contributed by atoms with E-state index in [-0.39, 0.29) is 6.04 Å². The van der Waals surface area contributed by atoms with Crippen molar-refractivity contribution in [3.8, 4) is 0 Å². The quantitative estimate of drug-likeness (QED) is 0.753. The maximum atomic E-state index is 11.2. The summed E-state index contributed by atoms with van der Waals surface area (Å²) in [5.41, 5.74) is 0. The zero-order valence-corrected chi connectivity index (χ0v) is 9.35. The molecule has 0 radical (unpaired) electrons. The van der Waals surface area contributed by atoms with Crippen molar-refractivity contribution < 1.29 is 8.42 Å². The summed E-state index contributed by atoms with van der Waals surface area (Å²) in [5.74, 6) is 0.751. The fourth-order valence-corrected chi connectivity index (χ4v) is 4.22. The Kier molecular flexibility index (Phi) is 3.12. The van der Waals surface area contributed by atoms with Gasteiger partial charge >= 0.3 is 0 Å². The molecule has 1 aliphatic heterocycles. The monoisotopic (exact) mass is 217 g/mol. The van der Waals surface area contributed by atoms with Gasteiger partial charge in [0.1, 0.15) is 0 Å². The topological polar surface area (TPSA) is 46.2 Å². The minimum Gasteiger partial charge on any atom is -0.310 e. The second-order valence-electron chi connectivity index (χ2n) is 4.60. The number of hydrogen-bond acceptors (Lipinski definition) is 3. The van der Waals surface area contributed by atoms with Crippen LogP contribution < -0.4 is 5.32 Å². The van der Waals surface area contributed by atoms with Crippen molar-refractivity contribution >= 4 is 9.84 Å². The van der Waals surface area contributed by atoms with E-state index >= 15 is 0 Å². The molecular weight excluding hydrogens is 198 g/mol. The van der Waals surface area contributed by atoms with E-state index in [1.165, 1.54) is 32.1 Å². The van der Waals surface area contributed by atoms with Crippen LogP contribution in [0.15, 0.2) is 0 Å². The Morgan fingerprint density at radius 2 is 1.64 bits per heavy atom. The van der Waals surface area contributed by atoms with Crippen LogP contribution in [0.5, 0.6) is 0 Å². The fraction of sp³-hybridized carbons (Fsp3) is 1.00. The normalized spacial score (nSPS) is 33.3. The predicted octanol–water partition coefficient (Wildman–Crippen LogP) is 1.10. The smallest absolute Gasteiger partial charge is 0.151 e. The van der Waals surface area contributed by atoms with Crippen molar-refractivity contribution in [2.24, 2.45) is 0 Å². The number of sulfone groups is 1. The Bertz CT molecular complexity index is 280. The maximum Gasteiger partial charge on any atom is 0.151 e. The molecule has 0 spiro atoms. The number of hydrogen-bond donors (Lipinski definition) is 1. The summed E-state index contributed by atoms with van der Waals surface area (Å²) in [6.07, 6.45) is 7.24. The van der Waals surface area contributed by atoms with Crippen LogP contribution in [0, 0.1) is 0 Å². The molecule has 1 saturated heterocycles. The van der Waals surface area contributed by atoms with E-state index in [1.54, 1.807) is 0 Å². The molecule has 2 rings (SSSR count). The van der Waals surface area contributed by atoms with Gasteiger partial charge in [-0.2, -0.15) is 0 Å². The molecule has 1 aliphatic carbocycles. The van der Waals surface area contributed by atoms with Crippen molar-refractivity contribution in [1.29, 1.82) is 0 Å². The molecule has 1 heterocycles. The molecule has 1 N–H and O–H groups in total. The molecule has 4 heteroatoms. The molecule has 1 atom stereocenters. The summed E-state index contributed by atoms with van der Waals surface area (Å²) < 4.78 is 22.5. The lowest BCUT2D eigenvalue weighted by atomic mass is 9.95. The van der Waals surface area contributed by atoms with Crippen LogP contribution in [0.3, 0.4) is 0 Å². The molecule has 82 valence electrons. The zero-order chi connectivity index (χ0) is 10.0. The van der Waals surface area contributed by atoms with Crippen molar-refractivity contribution in [2.45, 2.75) is 50.6 Å². The van der Waals surface area contributed by atoms with Gasteiger partial charge < -0.3 is 5.32 Å². The van der Waals surface area contributed by atoms with Gasteiger partial charge in [0.2, 0.25) is 0 Å². The van der Waals surface area contributed by atoms with Gasteiger partial charge in [0.25, 0.3) is 0 Å². The highest BCUT2D eigenvalue weighted by Crippen LogP contribution is 2.20. The molecule has 0 aromatic carbocycles. The number of nitrogens with one attached hydrogen (secondary N) is 1. The molecule has 1 saturated carbocycles. The van der Waals surface area contributed by atoms with Gasteiger partial charge in [0.05, 0.1) is 11.5 Å². The van der Waals surface area contributed by atoms with Crippen LogP contribution in [-0.4, -0.2) is 32.0 Å². The van der Waals surface area contributed by atoms with Crippen molar-refractivity contribution in [1.82, 2.24) is 5.32 Å². The minimum absolute atomic E-state index is 0.239. The van der Waals surface area contributed by atoms with E-state index in [2.05, 4.69) is 5.32 Å². The fourth-order valence-electron chi connectivity index (χ4n) is 2.53. The van der Waals surface area contributed by atoms with Crippen LogP contribution >= 0.6 is 0 Å². The molecule has 2 aliphatic rings. The molecule has 0 bridgehead atoms. The first-order chi connectivity index (χ1) is 6.66. The Morgan fingerprint density at radius 1 is 0.929 bits per heavy atom. The summed E-state index contributed by atoms with van der Waals surface area (Å²) >= 11 is 0. The zero-order valence-electron chi connectivity index (χ0n) is 8.54. The highest BCUT2D eigenvalue weighted by Gasteiger charge is 2.29. The summed E-state index contributed by atoms with van der Waals surface area (Å²) in [4.78, 5) is 0. The van der Waals surface area contributed by atoms with Gasteiger partial charge in [0, 0.05) is 12.1 Å². The Balaban J connectivity index is 1.80. The van der Waals surface area contributed by atoms with Crippen LogP contribution in [0.2, 0.25) is 0 Å². The summed E-state index contributed by atoms with van der Waals surface area (Å²) in [6.45, 7) is 0. The molecular formula is C10H19NO2S. The second kappa shape index (κ2) is 4.19. The van der Waals surface area contributed by atoms with Crippen LogP contribution in [0.4, 0.5) is 0 Å². The van der Waals surface area contributed by atoms with E-state index in [0.717, 1.165) is 6.42 Å². The van der Waals surface area contributed by atoms with Gasteiger partial charge in [-0.05, 0) is 19.3 Å². The van der Waals surface area contributed by atoms with E-state index in [4.69, 9.17) is 0 Å². The average molecular weight is 217 g/mol. The summed E-state index contributed by atoms with van der Waals surface area (Å²) in [5, 5.41) is 3.49. The van der Waals surface area contributed by atoms with Gasteiger partial charge in [-0.15, -0.1) is 0 Å². The highest BCUT2D eigenvalue weighted by atomic mass is 32.2. The maximum absolute atomic E-state index is 11.2. The lowest BCUT2D eigenvalue weighted by Crippen LogP contribution is -2.40. The van der Waals surface area contributed by atoms with Crippen molar-refractivity contribution in [2.75, 3.05) is 11.5 Å². The van der Waals surface area contributed by atoms with E-state index in [9.17, 15) is 8.42 Å². The van der Waals surface area contributed by atoms with E-state index in [1.807, 2.05) is 0 Å². The van der Waals surface area contributed by atoms with Crippen molar-refractivity contribution in [3.05, 3.63) is 0 Å². The molecule has 14 heavy (non-hydrogen) atoms. The SMILES string of the molecule is O=S1(=O)CC[C@H](NC2CCCCC2)C1. The second-order valence-corrected chi connectivity index (χ2v) is 6.83. The Hall–Kier alpha value is -0.0900.